The zero-order valence-corrected chi connectivity index (χ0v) is 11.9. The molecule has 0 spiro atoms. The van der Waals surface area contributed by atoms with Gasteiger partial charge in [-0.3, -0.25) is 0 Å². The molecule has 0 saturated carbocycles. The van der Waals surface area contributed by atoms with E-state index in [0.717, 1.165) is 0 Å². The van der Waals surface area contributed by atoms with E-state index in [1.165, 1.54) is 31.2 Å². The summed E-state index contributed by atoms with van der Waals surface area (Å²) in [5.74, 6) is -0.924. The van der Waals surface area contributed by atoms with Crippen LogP contribution in [-0.2, 0) is 9.53 Å². The van der Waals surface area contributed by atoms with Crippen LogP contribution >= 0.6 is 0 Å². The van der Waals surface area contributed by atoms with Crippen molar-refractivity contribution in [3.8, 4) is 5.75 Å². The number of carbonyl (C=O) groups excluding carboxylic acids is 1. The molecule has 0 atom stereocenters. The molecule has 2 N–H and O–H groups in total. The second kappa shape index (κ2) is 6.18. The molecule has 0 saturated heterocycles. The maximum atomic E-state index is 11.8. The van der Waals surface area contributed by atoms with Crippen molar-refractivity contribution in [1.29, 1.82) is 0 Å². The van der Waals surface area contributed by atoms with Crippen molar-refractivity contribution in [2.75, 3.05) is 0 Å². The fourth-order valence-electron chi connectivity index (χ4n) is 1.21. The van der Waals surface area contributed by atoms with E-state index in [2.05, 4.69) is 10.2 Å². The van der Waals surface area contributed by atoms with E-state index in [1.807, 2.05) is 0 Å². The van der Waals surface area contributed by atoms with Gasteiger partial charge in [-0.2, -0.15) is 5.11 Å². The number of aliphatic hydroxyl groups is 1. The highest BCUT2D eigenvalue weighted by Crippen LogP contribution is 2.20. The van der Waals surface area contributed by atoms with Crippen molar-refractivity contribution in [1.82, 2.24) is 0 Å². The van der Waals surface area contributed by atoms with Crippen LogP contribution in [0.15, 0.2) is 46.0 Å². The molecule has 0 aliphatic rings. The Morgan fingerprint density at radius 1 is 1.20 bits per heavy atom. The average Bonchev–Trinajstić information content (AvgIpc) is 2.29. The van der Waals surface area contributed by atoms with Crippen molar-refractivity contribution in [3.05, 3.63) is 35.7 Å². The topological polar surface area (TPSA) is 91.5 Å². The molecule has 0 aromatic heterocycles. The van der Waals surface area contributed by atoms with Gasteiger partial charge in [0.2, 0.25) is 5.70 Å². The van der Waals surface area contributed by atoms with E-state index in [-0.39, 0.29) is 17.2 Å². The van der Waals surface area contributed by atoms with Crippen molar-refractivity contribution < 1.29 is 19.7 Å². The summed E-state index contributed by atoms with van der Waals surface area (Å²) in [6.45, 7) is 6.47. The molecule has 0 aliphatic heterocycles. The number of azo groups is 1. The van der Waals surface area contributed by atoms with Crippen LogP contribution in [-0.4, -0.2) is 21.8 Å². The molecule has 0 amide bonds. The Balaban J connectivity index is 2.92. The maximum Gasteiger partial charge on any atom is 0.362 e. The van der Waals surface area contributed by atoms with Crippen molar-refractivity contribution in [2.24, 2.45) is 10.2 Å². The van der Waals surface area contributed by atoms with E-state index < -0.39 is 11.6 Å². The summed E-state index contributed by atoms with van der Waals surface area (Å²) >= 11 is 0. The number of allylic oxidation sites excluding steroid dienone is 1. The highest BCUT2D eigenvalue weighted by atomic mass is 16.6. The predicted octanol–water partition coefficient (Wildman–Crippen LogP) is 3.61. The molecule has 0 unspecified atom stereocenters. The molecule has 0 heterocycles. The molecule has 108 valence electrons. The van der Waals surface area contributed by atoms with Gasteiger partial charge < -0.3 is 14.9 Å². The Bertz CT molecular complexity index is 535. The number of aromatic hydroxyl groups is 1. The zero-order valence-electron chi connectivity index (χ0n) is 11.9. The van der Waals surface area contributed by atoms with Crippen LogP contribution in [0.4, 0.5) is 5.69 Å². The molecule has 0 radical (unpaired) electrons. The first kappa shape index (κ1) is 15.7. The second-order valence-electron chi connectivity index (χ2n) is 5.15. The third-order valence-electron chi connectivity index (χ3n) is 2.05. The minimum atomic E-state index is -0.750. The largest absolute Gasteiger partial charge is 0.510 e. The lowest BCUT2D eigenvalue weighted by molar-refractivity contribution is -0.150. The number of rotatable bonds is 3. The SMILES string of the molecule is CC(O)=C(N=Nc1ccc(O)cc1)C(=O)OC(C)(C)C. The summed E-state index contributed by atoms with van der Waals surface area (Å²) in [6.07, 6.45) is 0. The number of esters is 1. The van der Waals surface area contributed by atoms with E-state index in [1.54, 1.807) is 20.8 Å². The molecule has 0 bridgehead atoms. The molecule has 20 heavy (non-hydrogen) atoms. The Hall–Kier alpha value is -2.37. The van der Waals surface area contributed by atoms with Gasteiger partial charge in [-0.15, -0.1) is 5.11 Å². The van der Waals surface area contributed by atoms with Crippen molar-refractivity contribution in [3.63, 3.8) is 0 Å². The van der Waals surface area contributed by atoms with E-state index >= 15 is 0 Å². The highest BCUT2D eigenvalue weighted by molar-refractivity contribution is 5.88. The second-order valence-corrected chi connectivity index (χ2v) is 5.15. The number of carbonyl (C=O) groups is 1. The van der Waals surface area contributed by atoms with Crippen LogP contribution in [0.3, 0.4) is 0 Å². The molecule has 1 aromatic rings. The molecule has 1 rings (SSSR count). The minimum Gasteiger partial charge on any atom is -0.510 e. The summed E-state index contributed by atoms with van der Waals surface area (Å²) in [7, 11) is 0. The summed E-state index contributed by atoms with van der Waals surface area (Å²) in [4.78, 5) is 11.8. The Morgan fingerprint density at radius 3 is 2.20 bits per heavy atom. The lowest BCUT2D eigenvalue weighted by Gasteiger charge is -2.19. The van der Waals surface area contributed by atoms with Crippen LogP contribution < -0.4 is 0 Å². The number of phenolic OH excluding ortho intramolecular Hbond substituents is 1. The number of aliphatic hydroxyl groups excluding tert-OH is 1. The molecule has 6 heteroatoms. The number of nitrogens with zero attached hydrogens (tertiary/aromatic N) is 2. The first-order valence-corrected chi connectivity index (χ1v) is 6.03. The summed E-state index contributed by atoms with van der Waals surface area (Å²) in [6, 6.07) is 5.94. The number of benzene rings is 1. The first-order chi connectivity index (χ1) is 9.19. The zero-order chi connectivity index (χ0) is 15.3. The monoisotopic (exact) mass is 278 g/mol. The third kappa shape index (κ3) is 5.09. The van der Waals surface area contributed by atoms with E-state index in [4.69, 9.17) is 9.84 Å². The smallest absolute Gasteiger partial charge is 0.362 e. The number of hydrogen-bond acceptors (Lipinski definition) is 6. The van der Waals surface area contributed by atoms with Crippen LogP contribution in [0.1, 0.15) is 27.7 Å². The van der Waals surface area contributed by atoms with E-state index in [0.29, 0.717) is 5.69 Å². The average molecular weight is 278 g/mol. The van der Waals surface area contributed by atoms with Gasteiger partial charge in [0, 0.05) is 0 Å². The van der Waals surface area contributed by atoms with Crippen LogP contribution in [0.25, 0.3) is 0 Å². The standard InChI is InChI=1S/C14H18N2O4/c1-9(17)12(13(19)20-14(2,3)4)16-15-10-5-7-11(18)8-6-10/h5-8,17-18H,1-4H3. The van der Waals surface area contributed by atoms with Crippen LogP contribution in [0.2, 0.25) is 0 Å². The lowest BCUT2D eigenvalue weighted by atomic mass is 10.2. The van der Waals surface area contributed by atoms with E-state index in [9.17, 15) is 9.90 Å². The van der Waals surface area contributed by atoms with Gasteiger partial charge in [0.1, 0.15) is 17.1 Å². The Morgan fingerprint density at radius 2 is 1.75 bits per heavy atom. The highest BCUT2D eigenvalue weighted by Gasteiger charge is 2.22. The Kier molecular flexibility index (Phi) is 4.85. The van der Waals surface area contributed by atoms with Crippen molar-refractivity contribution >= 4 is 11.7 Å². The number of ether oxygens (including phenoxy) is 1. The Labute approximate surface area is 117 Å². The van der Waals surface area contributed by atoms with Gasteiger partial charge in [0.15, 0.2) is 0 Å². The van der Waals surface area contributed by atoms with Gasteiger partial charge in [0.25, 0.3) is 0 Å². The van der Waals surface area contributed by atoms with Crippen LogP contribution in [0.5, 0.6) is 5.75 Å². The fourth-order valence-corrected chi connectivity index (χ4v) is 1.21. The molecule has 1 aromatic carbocycles. The first-order valence-electron chi connectivity index (χ1n) is 6.03. The van der Waals surface area contributed by atoms with Gasteiger partial charge >= 0.3 is 5.97 Å². The van der Waals surface area contributed by atoms with Gasteiger partial charge in [-0.1, -0.05) is 0 Å². The third-order valence-corrected chi connectivity index (χ3v) is 2.05. The quantitative estimate of drug-likeness (QED) is 0.382. The van der Waals surface area contributed by atoms with Gasteiger partial charge in [-0.05, 0) is 52.0 Å². The van der Waals surface area contributed by atoms with Gasteiger partial charge in [-0.25, -0.2) is 4.79 Å². The van der Waals surface area contributed by atoms with Crippen LogP contribution in [0, 0.1) is 0 Å². The maximum absolute atomic E-state index is 11.8. The minimum absolute atomic E-state index is 0.102. The fraction of sp³-hybridized carbons (Fsp3) is 0.357. The molecular weight excluding hydrogens is 260 g/mol. The van der Waals surface area contributed by atoms with Gasteiger partial charge in [0.05, 0.1) is 5.69 Å². The number of hydrogen-bond donors (Lipinski definition) is 2. The predicted molar refractivity (Wildman–Crippen MR) is 73.8 cm³/mol. The lowest BCUT2D eigenvalue weighted by Crippen LogP contribution is -2.24. The summed E-state index contributed by atoms with van der Waals surface area (Å²) < 4.78 is 5.12. The molecule has 0 fully saturated rings. The summed E-state index contributed by atoms with van der Waals surface area (Å²) in [5, 5.41) is 26.1. The number of phenols is 1. The molecular formula is C14H18N2O4. The molecule has 0 aliphatic carbocycles. The van der Waals surface area contributed by atoms with Crippen molar-refractivity contribution in [2.45, 2.75) is 33.3 Å². The summed E-state index contributed by atoms with van der Waals surface area (Å²) in [5.41, 5.74) is -0.510. The normalized spacial score (nSPS) is 13.2. The molecule has 6 nitrogen and oxygen atoms in total.